The first-order valence-electron chi connectivity index (χ1n) is 9.20. The van der Waals surface area contributed by atoms with Crippen LogP contribution in [0.5, 0.6) is 0 Å². The summed E-state index contributed by atoms with van der Waals surface area (Å²) in [5.74, 6) is -0.442. The van der Waals surface area contributed by atoms with Crippen molar-refractivity contribution in [3.05, 3.63) is 71.1 Å². The van der Waals surface area contributed by atoms with Crippen molar-refractivity contribution in [2.24, 2.45) is 5.73 Å². The molecule has 29 heavy (non-hydrogen) atoms. The van der Waals surface area contributed by atoms with E-state index in [1.54, 1.807) is 30.3 Å². The first-order chi connectivity index (χ1) is 14.0. The fraction of sp³-hybridized carbons (Fsp3) is 0.190. The van der Waals surface area contributed by atoms with E-state index in [4.69, 9.17) is 17.3 Å². The van der Waals surface area contributed by atoms with Crippen molar-refractivity contribution in [1.82, 2.24) is 9.97 Å². The zero-order chi connectivity index (χ0) is 20.4. The van der Waals surface area contributed by atoms with Gasteiger partial charge in [-0.2, -0.15) is 0 Å². The van der Waals surface area contributed by atoms with E-state index < -0.39 is 5.91 Å². The van der Waals surface area contributed by atoms with Crippen molar-refractivity contribution in [3.63, 3.8) is 0 Å². The number of para-hydroxylation sites is 1. The summed E-state index contributed by atoms with van der Waals surface area (Å²) in [7, 11) is 0. The van der Waals surface area contributed by atoms with Gasteiger partial charge in [0, 0.05) is 36.8 Å². The molecule has 1 aliphatic rings. The molecule has 0 aliphatic carbocycles. The molecule has 1 amide bonds. The molecule has 0 unspecified atom stereocenters. The maximum Gasteiger partial charge on any atom is 0.267 e. The Kier molecular flexibility index (Phi) is 5.31. The van der Waals surface area contributed by atoms with Crippen LogP contribution < -0.4 is 15.5 Å². The number of piperazine rings is 1. The SMILES string of the molecule is NC(=O)c1cc(-c2cccc(Cl)c2)nc(N2CCN(c3ccccc3F)CC2)n1. The Bertz CT molecular complexity index is 1050. The summed E-state index contributed by atoms with van der Waals surface area (Å²) in [5, 5.41) is 0.571. The smallest absolute Gasteiger partial charge is 0.267 e. The van der Waals surface area contributed by atoms with Crippen LogP contribution in [0.3, 0.4) is 0 Å². The summed E-state index contributed by atoms with van der Waals surface area (Å²) < 4.78 is 14.1. The number of hydrogen-bond donors (Lipinski definition) is 1. The van der Waals surface area contributed by atoms with Crippen LogP contribution in [0.15, 0.2) is 54.6 Å². The number of benzene rings is 2. The molecular formula is C21H19ClFN5O. The van der Waals surface area contributed by atoms with Gasteiger partial charge in [-0.25, -0.2) is 14.4 Å². The number of carbonyl (C=O) groups excluding carboxylic acids is 1. The zero-order valence-electron chi connectivity index (χ0n) is 15.6. The number of carbonyl (C=O) groups is 1. The van der Waals surface area contributed by atoms with Crippen LogP contribution in [0.4, 0.5) is 16.0 Å². The predicted octanol–water partition coefficient (Wildman–Crippen LogP) is 3.36. The average molecular weight is 412 g/mol. The third kappa shape index (κ3) is 4.14. The van der Waals surface area contributed by atoms with Crippen molar-refractivity contribution in [2.75, 3.05) is 36.0 Å². The predicted molar refractivity (Wildman–Crippen MR) is 112 cm³/mol. The highest BCUT2D eigenvalue weighted by Crippen LogP contribution is 2.25. The molecule has 1 aromatic heterocycles. The summed E-state index contributed by atoms with van der Waals surface area (Å²) in [5.41, 5.74) is 7.55. The van der Waals surface area contributed by atoms with Gasteiger partial charge in [-0.3, -0.25) is 4.79 Å². The van der Waals surface area contributed by atoms with Crippen LogP contribution in [-0.4, -0.2) is 42.1 Å². The number of aromatic nitrogens is 2. The highest BCUT2D eigenvalue weighted by molar-refractivity contribution is 6.30. The van der Waals surface area contributed by atoms with Gasteiger partial charge in [-0.1, -0.05) is 35.9 Å². The fourth-order valence-corrected chi connectivity index (χ4v) is 3.54. The Labute approximate surface area is 172 Å². The van der Waals surface area contributed by atoms with Gasteiger partial charge >= 0.3 is 0 Å². The molecule has 4 rings (SSSR count). The van der Waals surface area contributed by atoms with E-state index in [2.05, 4.69) is 9.97 Å². The van der Waals surface area contributed by atoms with Gasteiger partial charge in [0.25, 0.3) is 5.91 Å². The minimum absolute atomic E-state index is 0.140. The number of anilines is 2. The normalized spacial score (nSPS) is 14.1. The molecule has 8 heteroatoms. The van der Waals surface area contributed by atoms with Crippen molar-refractivity contribution in [2.45, 2.75) is 0 Å². The molecule has 0 bridgehead atoms. The van der Waals surface area contributed by atoms with E-state index in [1.165, 1.54) is 6.07 Å². The van der Waals surface area contributed by atoms with Crippen LogP contribution >= 0.6 is 11.6 Å². The monoisotopic (exact) mass is 411 g/mol. The topological polar surface area (TPSA) is 75.4 Å². The standard InChI is InChI=1S/C21H19ClFN5O/c22-15-5-3-4-14(12-15)17-13-18(20(24)29)26-21(25-17)28-10-8-27(9-11-28)19-7-2-1-6-16(19)23/h1-7,12-13H,8-11H2,(H2,24,29). The Morgan fingerprint density at radius 3 is 2.38 bits per heavy atom. The largest absolute Gasteiger partial charge is 0.366 e. The van der Waals surface area contributed by atoms with E-state index in [0.29, 0.717) is 48.5 Å². The number of nitrogens with zero attached hydrogens (tertiary/aromatic N) is 4. The van der Waals surface area contributed by atoms with Crippen LogP contribution in [0.1, 0.15) is 10.5 Å². The lowest BCUT2D eigenvalue weighted by Gasteiger charge is -2.36. The van der Waals surface area contributed by atoms with Crippen molar-refractivity contribution in [3.8, 4) is 11.3 Å². The maximum atomic E-state index is 14.1. The van der Waals surface area contributed by atoms with Crippen LogP contribution in [-0.2, 0) is 0 Å². The molecule has 6 nitrogen and oxygen atoms in total. The first kappa shape index (κ1) is 19.1. The summed E-state index contributed by atoms with van der Waals surface area (Å²) in [6.45, 7) is 2.40. The summed E-state index contributed by atoms with van der Waals surface area (Å²) in [6, 6.07) is 15.5. The van der Waals surface area contributed by atoms with E-state index in [-0.39, 0.29) is 11.5 Å². The fourth-order valence-electron chi connectivity index (χ4n) is 3.35. The van der Waals surface area contributed by atoms with Crippen molar-refractivity contribution >= 4 is 29.1 Å². The lowest BCUT2D eigenvalue weighted by Crippen LogP contribution is -2.47. The second-order valence-corrected chi connectivity index (χ2v) is 7.17. The first-order valence-corrected chi connectivity index (χ1v) is 9.58. The number of nitrogens with two attached hydrogens (primary N) is 1. The van der Waals surface area contributed by atoms with Gasteiger partial charge in [-0.15, -0.1) is 0 Å². The Balaban J connectivity index is 1.60. The second kappa shape index (κ2) is 8.05. The van der Waals surface area contributed by atoms with E-state index >= 15 is 0 Å². The summed E-state index contributed by atoms with van der Waals surface area (Å²) in [4.78, 5) is 24.7. The molecule has 1 aliphatic heterocycles. The van der Waals surface area contributed by atoms with E-state index in [9.17, 15) is 9.18 Å². The third-order valence-electron chi connectivity index (χ3n) is 4.84. The lowest BCUT2D eigenvalue weighted by atomic mass is 10.1. The number of hydrogen-bond acceptors (Lipinski definition) is 5. The van der Waals surface area contributed by atoms with Gasteiger partial charge < -0.3 is 15.5 Å². The zero-order valence-corrected chi connectivity index (χ0v) is 16.3. The molecule has 148 valence electrons. The lowest BCUT2D eigenvalue weighted by molar-refractivity contribution is 0.0995. The van der Waals surface area contributed by atoms with Crippen molar-refractivity contribution < 1.29 is 9.18 Å². The number of halogens is 2. The molecular weight excluding hydrogens is 393 g/mol. The summed E-state index contributed by atoms with van der Waals surface area (Å²) in [6.07, 6.45) is 0. The second-order valence-electron chi connectivity index (χ2n) is 6.74. The minimum Gasteiger partial charge on any atom is -0.366 e. The Morgan fingerprint density at radius 2 is 1.69 bits per heavy atom. The minimum atomic E-state index is -0.623. The number of rotatable bonds is 4. The Morgan fingerprint density at radius 1 is 0.966 bits per heavy atom. The highest BCUT2D eigenvalue weighted by atomic mass is 35.5. The quantitative estimate of drug-likeness (QED) is 0.712. The van der Waals surface area contributed by atoms with Gasteiger partial charge in [-0.05, 0) is 30.3 Å². The van der Waals surface area contributed by atoms with E-state index in [0.717, 1.165) is 5.56 Å². The van der Waals surface area contributed by atoms with Gasteiger partial charge in [0.15, 0.2) is 0 Å². The van der Waals surface area contributed by atoms with E-state index in [1.807, 2.05) is 28.0 Å². The average Bonchev–Trinajstić information content (AvgIpc) is 2.74. The van der Waals surface area contributed by atoms with Gasteiger partial charge in [0.05, 0.1) is 11.4 Å². The van der Waals surface area contributed by atoms with Gasteiger partial charge in [0.2, 0.25) is 5.95 Å². The molecule has 1 saturated heterocycles. The highest BCUT2D eigenvalue weighted by Gasteiger charge is 2.22. The third-order valence-corrected chi connectivity index (χ3v) is 5.08. The molecule has 0 spiro atoms. The van der Waals surface area contributed by atoms with Crippen LogP contribution in [0.2, 0.25) is 5.02 Å². The molecule has 2 N–H and O–H groups in total. The van der Waals surface area contributed by atoms with Gasteiger partial charge in [0.1, 0.15) is 11.5 Å². The molecule has 3 aromatic rings. The molecule has 0 saturated carbocycles. The molecule has 0 atom stereocenters. The molecule has 2 heterocycles. The van der Waals surface area contributed by atoms with Crippen LogP contribution in [0.25, 0.3) is 11.3 Å². The van der Waals surface area contributed by atoms with Crippen molar-refractivity contribution in [1.29, 1.82) is 0 Å². The molecule has 2 aromatic carbocycles. The molecule has 0 radical (unpaired) electrons. The summed E-state index contributed by atoms with van der Waals surface area (Å²) >= 11 is 6.09. The number of primary amides is 1. The van der Waals surface area contributed by atoms with Crippen LogP contribution in [0, 0.1) is 5.82 Å². The maximum absolute atomic E-state index is 14.1. The molecule has 1 fully saturated rings. The Hall–Kier alpha value is -3.19. The number of amides is 1.